The van der Waals surface area contributed by atoms with Crippen molar-refractivity contribution < 1.29 is 4.90 Å². The van der Waals surface area contributed by atoms with Crippen LogP contribution in [0.25, 0.3) is 0 Å². The second-order valence-corrected chi connectivity index (χ2v) is 7.37. The molecule has 1 unspecified atom stereocenters. The third-order valence-electron chi connectivity index (χ3n) is 4.43. The van der Waals surface area contributed by atoms with Gasteiger partial charge in [-0.2, -0.15) is 4.90 Å². The zero-order valence-corrected chi connectivity index (χ0v) is 14.8. The summed E-state index contributed by atoms with van der Waals surface area (Å²) < 4.78 is 0. The van der Waals surface area contributed by atoms with Gasteiger partial charge < -0.3 is 15.7 Å². The number of hydrogen-bond acceptors (Lipinski definition) is 4. The molecule has 4 rings (SSSR count). The Kier molecular flexibility index (Phi) is 4.54. The van der Waals surface area contributed by atoms with Crippen molar-refractivity contribution in [3.05, 3.63) is 106 Å². The SMILES string of the molecule is [O-][N+]([O-])=C1C=CC(=C2CC(c3ccccc3)Sc3ccccc3N2)C=C1. The second-order valence-electron chi connectivity index (χ2n) is 6.12. The number of nitrogens with zero attached hydrogens (tertiary/aromatic N) is 1. The van der Waals surface area contributed by atoms with Gasteiger partial charge in [0.15, 0.2) is 0 Å². The molecule has 0 aromatic heterocycles. The summed E-state index contributed by atoms with van der Waals surface area (Å²) >= 11 is 1.85. The molecule has 0 radical (unpaired) electrons. The van der Waals surface area contributed by atoms with Crippen molar-refractivity contribution in [2.75, 3.05) is 5.32 Å². The fourth-order valence-corrected chi connectivity index (χ4v) is 4.35. The maximum absolute atomic E-state index is 10.9. The number of hydrogen-bond donors (Lipinski definition) is 1. The highest BCUT2D eigenvalue weighted by molar-refractivity contribution is 7.99. The van der Waals surface area contributed by atoms with Crippen LogP contribution in [0, 0.1) is 10.4 Å². The average Bonchev–Trinajstić information content (AvgIpc) is 2.88. The number of benzene rings is 2. The molecular formula is C21H17N2O2S-. The fraction of sp³-hybridized carbons (Fsp3) is 0.0952. The normalized spacial score (nSPS) is 18.9. The summed E-state index contributed by atoms with van der Waals surface area (Å²) in [6.45, 7) is 0. The smallest absolute Gasteiger partial charge is 0.222 e. The Hall–Kier alpha value is -2.92. The van der Waals surface area contributed by atoms with Crippen molar-refractivity contribution in [2.45, 2.75) is 16.6 Å². The van der Waals surface area contributed by atoms with Crippen LogP contribution in [0.3, 0.4) is 0 Å². The van der Waals surface area contributed by atoms with Crippen molar-refractivity contribution in [3.8, 4) is 0 Å². The minimum absolute atomic E-state index is 0.109. The standard InChI is InChI=1S/C21H17N2O2S/c24-23(25)17-12-10-15(11-13-17)19-14-21(16-6-2-1-3-7-16)26-20-9-5-4-8-18(20)22-19/h1-13,21-22H,14H2/q-1. The third-order valence-corrected chi connectivity index (χ3v) is 5.76. The highest BCUT2D eigenvalue weighted by atomic mass is 32.2. The van der Waals surface area contributed by atoms with E-state index in [1.165, 1.54) is 10.5 Å². The predicted octanol–water partition coefficient (Wildman–Crippen LogP) is 5.16. The minimum atomic E-state index is -0.368. The van der Waals surface area contributed by atoms with Crippen LogP contribution in [0.5, 0.6) is 0 Å². The van der Waals surface area contributed by atoms with Gasteiger partial charge in [-0.25, -0.2) is 0 Å². The molecule has 5 heteroatoms. The van der Waals surface area contributed by atoms with Gasteiger partial charge in [0.25, 0.3) is 0 Å². The first-order valence-electron chi connectivity index (χ1n) is 8.39. The van der Waals surface area contributed by atoms with E-state index in [1.807, 2.05) is 42.1 Å². The van der Waals surface area contributed by atoms with Crippen LogP contribution in [0.4, 0.5) is 5.69 Å². The largest absolute Gasteiger partial charge is 0.612 e. The quantitative estimate of drug-likeness (QED) is 0.563. The summed E-state index contributed by atoms with van der Waals surface area (Å²) in [5.41, 5.74) is 4.51. The molecule has 1 aliphatic carbocycles. The van der Waals surface area contributed by atoms with Crippen LogP contribution in [0.15, 0.2) is 95.1 Å². The van der Waals surface area contributed by atoms with Crippen LogP contribution < -0.4 is 5.32 Å². The summed E-state index contributed by atoms with van der Waals surface area (Å²) in [6.07, 6.45) is 7.58. The van der Waals surface area contributed by atoms with Gasteiger partial charge in [-0.1, -0.05) is 42.5 Å². The summed E-state index contributed by atoms with van der Waals surface area (Å²) in [4.78, 5) is 0.839. The monoisotopic (exact) mass is 361 g/mol. The number of fused-ring (bicyclic) bond motifs is 1. The van der Waals surface area contributed by atoms with Crippen LogP contribution in [-0.4, -0.2) is 10.6 Å². The lowest BCUT2D eigenvalue weighted by Crippen LogP contribution is -2.09. The van der Waals surface area contributed by atoms with Gasteiger partial charge in [0.1, 0.15) is 0 Å². The Labute approximate surface area is 156 Å². The van der Waals surface area contributed by atoms with E-state index in [0.717, 1.165) is 23.4 Å². The molecule has 2 aliphatic rings. The predicted molar refractivity (Wildman–Crippen MR) is 107 cm³/mol. The maximum atomic E-state index is 10.9. The summed E-state index contributed by atoms with van der Waals surface area (Å²) in [7, 11) is 0. The van der Waals surface area contributed by atoms with Gasteiger partial charge in [-0.15, -0.1) is 11.8 Å². The van der Waals surface area contributed by atoms with Crippen molar-refractivity contribution in [1.82, 2.24) is 0 Å². The molecular weight excluding hydrogens is 344 g/mol. The second kappa shape index (κ2) is 7.14. The number of allylic oxidation sites excluding steroid dienone is 6. The van der Waals surface area contributed by atoms with Crippen molar-refractivity contribution >= 4 is 23.2 Å². The van der Waals surface area contributed by atoms with Crippen LogP contribution in [-0.2, 0) is 0 Å². The molecule has 130 valence electrons. The van der Waals surface area contributed by atoms with E-state index in [4.69, 9.17) is 0 Å². The molecule has 1 N–H and O–H groups in total. The molecule has 0 saturated carbocycles. The van der Waals surface area contributed by atoms with Gasteiger partial charge >= 0.3 is 0 Å². The third kappa shape index (κ3) is 3.39. The van der Waals surface area contributed by atoms with Crippen molar-refractivity contribution in [3.63, 3.8) is 0 Å². The zero-order valence-electron chi connectivity index (χ0n) is 14.0. The van der Waals surface area contributed by atoms with E-state index < -0.39 is 0 Å². The molecule has 1 heterocycles. The lowest BCUT2D eigenvalue weighted by molar-refractivity contribution is -0.377. The van der Waals surface area contributed by atoms with Crippen molar-refractivity contribution in [1.29, 1.82) is 0 Å². The van der Waals surface area contributed by atoms with Gasteiger partial charge in [0.05, 0.1) is 5.69 Å². The Morgan fingerprint density at radius 1 is 0.885 bits per heavy atom. The molecule has 0 amide bonds. The molecule has 0 bridgehead atoms. The maximum Gasteiger partial charge on any atom is 0.222 e. The molecule has 1 atom stereocenters. The molecule has 4 nitrogen and oxygen atoms in total. The van der Waals surface area contributed by atoms with E-state index >= 15 is 0 Å². The van der Waals surface area contributed by atoms with E-state index in [2.05, 4.69) is 41.7 Å². The summed E-state index contributed by atoms with van der Waals surface area (Å²) in [5, 5.41) is 25.7. The van der Waals surface area contributed by atoms with E-state index in [9.17, 15) is 10.4 Å². The molecule has 1 aliphatic heterocycles. The van der Waals surface area contributed by atoms with Gasteiger partial charge in [0, 0.05) is 34.4 Å². The first-order valence-corrected chi connectivity index (χ1v) is 9.27. The van der Waals surface area contributed by atoms with Crippen LogP contribution >= 0.6 is 11.8 Å². The van der Waals surface area contributed by atoms with E-state index in [1.54, 1.807) is 12.2 Å². The molecule has 0 saturated heterocycles. The van der Waals surface area contributed by atoms with E-state index in [0.29, 0.717) is 0 Å². The van der Waals surface area contributed by atoms with Gasteiger partial charge in [-0.3, -0.25) is 0 Å². The number of rotatable bonds is 1. The molecule has 2 aromatic rings. The lowest BCUT2D eigenvalue weighted by atomic mass is 10.0. The molecule has 0 spiro atoms. The van der Waals surface area contributed by atoms with Gasteiger partial charge in [-0.05, 0) is 35.4 Å². The fourth-order valence-electron chi connectivity index (χ4n) is 3.09. The zero-order chi connectivity index (χ0) is 17.9. The average molecular weight is 361 g/mol. The number of para-hydroxylation sites is 1. The summed E-state index contributed by atoms with van der Waals surface area (Å²) in [5.74, 6) is 0. The van der Waals surface area contributed by atoms with E-state index in [-0.39, 0.29) is 15.9 Å². The van der Waals surface area contributed by atoms with Crippen LogP contribution in [0.1, 0.15) is 17.2 Å². The van der Waals surface area contributed by atoms with Gasteiger partial charge in [0.2, 0.25) is 5.71 Å². The lowest BCUT2D eigenvalue weighted by Gasteiger charge is -2.17. The Balaban J connectivity index is 1.76. The minimum Gasteiger partial charge on any atom is -0.612 e. The highest BCUT2D eigenvalue weighted by Gasteiger charge is 2.23. The van der Waals surface area contributed by atoms with Crippen molar-refractivity contribution in [2.24, 2.45) is 0 Å². The first-order chi connectivity index (χ1) is 12.7. The summed E-state index contributed by atoms with van der Waals surface area (Å²) in [6, 6.07) is 18.7. The topological polar surface area (TPSA) is 61.2 Å². The van der Waals surface area contributed by atoms with Crippen LogP contribution in [0.2, 0.25) is 0 Å². The number of anilines is 1. The Bertz CT molecular complexity index is 923. The molecule has 0 fully saturated rings. The Morgan fingerprint density at radius 2 is 1.58 bits per heavy atom. The number of thioether (sulfide) groups is 1. The molecule has 26 heavy (non-hydrogen) atoms. The Morgan fingerprint density at radius 3 is 2.31 bits per heavy atom. The highest BCUT2D eigenvalue weighted by Crippen LogP contribution is 2.46. The molecule has 2 aromatic carbocycles. The first kappa shape index (κ1) is 16.5. The number of nitrogens with one attached hydrogen (secondary N) is 1.